The van der Waals surface area contributed by atoms with Gasteiger partial charge in [-0.25, -0.2) is 0 Å². The van der Waals surface area contributed by atoms with Crippen LogP contribution >= 0.6 is 0 Å². The van der Waals surface area contributed by atoms with Crippen LogP contribution in [0.3, 0.4) is 0 Å². The van der Waals surface area contributed by atoms with Crippen molar-refractivity contribution in [1.29, 1.82) is 0 Å². The lowest BCUT2D eigenvalue weighted by molar-refractivity contribution is -0.122. The molecular weight excluding hydrogens is 392 g/mol. The van der Waals surface area contributed by atoms with E-state index >= 15 is 0 Å². The highest BCUT2D eigenvalue weighted by molar-refractivity contribution is 5.98. The van der Waals surface area contributed by atoms with Gasteiger partial charge in [-0.15, -0.1) is 0 Å². The number of fused-ring (bicyclic) bond motifs is 1. The molecule has 2 heterocycles. The molecule has 2 aromatic rings. The summed E-state index contributed by atoms with van der Waals surface area (Å²) in [5, 5.41) is 3.02. The van der Waals surface area contributed by atoms with Gasteiger partial charge < -0.3 is 14.8 Å². The Labute approximate surface area is 183 Å². The molecule has 0 bridgehead atoms. The van der Waals surface area contributed by atoms with Gasteiger partial charge in [-0.3, -0.25) is 14.5 Å². The number of benzene rings is 2. The van der Waals surface area contributed by atoms with Gasteiger partial charge in [0.2, 0.25) is 5.91 Å². The summed E-state index contributed by atoms with van der Waals surface area (Å²) in [6.07, 6.45) is 2.37. The lowest BCUT2D eigenvalue weighted by Crippen LogP contribution is -2.43. The van der Waals surface area contributed by atoms with E-state index in [0.717, 1.165) is 32.4 Å². The maximum Gasteiger partial charge on any atom is 0.234 e. The topological polar surface area (TPSA) is 67.9 Å². The van der Waals surface area contributed by atoms with Crippen LogP contribution in [-0.2, 0) is 11.2 Å². The van der Waals surface area contributed by atoms with Gasteiger partial charge in [-0.1, -0.05) is 24.3 Å². The number of hydrogen-bond acceptors (Lipinski definition) is 5. The van der Waals surface area contributed by atoms with Crippen LogP contribution in [0.2, 0.25) is 0 Å². The molecule has 0 aliphatic carbocycles. The fraction of sp³-hybridized carbons (Fsp3) is 0.440. The van der Waals surface area contributed by atoms with Gasteiger partial charge in [-0.2, -0.15) is 0 Å². The molecule has 1 amide bonds. The number of Topliss-reactive ketones (excluding diaryl/α,β-unsaturated/α-hetero) is 1. The minimum atomic E-state index is -0.0112. The van der Waals surface area contributed by atoms with Gasteiger partial charge in [0.25, 0.3) is 0 Å². The van der Waals surface area contributed by atoms with Crippen molar-refractivity contribution >= 4 is 11.7 Å². The Morgan fingerprint density at radius 1 is 1.03 bits per heavy atom. The van der Waals surface area contributed by atoms with Crippen LogP contribution in [0.5, 0.6) is 11.5 Å². The van der Waals surface area contributed by atoms with Crippen molar-refractivity contribution in [3.8, 4) is 11.5 Å². The van der Waals surface area contributed by atoms with E-state index in [0.29, 0.717) is 43.4 Å². The largest absolute Gasteiger partial charge is 0.486 e. The zero-order chi connectivity index (χ0) is 21.6. The van der Waals surface area contributed by atoms with Crippen molar-refractivity contribution in [3.05, 3.63) is 59.2 Å². The average molecular weight is 423 g/mol. The second-order valence-corrected chi connectivity index (χ2v) is 8.30. The molecule has 0 radical (unpaired) electrons. The standard InChI is InChI=1S/C25H30N2O4/c1-18-4-2-3-5-19(18)8-11-26-24(28)17-27-12-9-20(10-13-27)25(29)21-6-7-22-23(16-21)31-15-14-30-22/h2-7,16,20H,8-15,17H2,1H3,(H,26,28). The molecule has 2 aliphatic heterocycles. The van der Waals surface area contributed by atoms with E-state index in [1.54, 1.807) is 6.07 Å². The second kappa shape index (κ2) is 9.96. The third kappa shape index (κ3) is 5.44. The summed E-state index contributed by atoms with van der Waals surface area (Å²) in [4.78, 5) is 27.4. The van der Waals surface area contributed by atoms with E-state index in [1.165, 1.54) is 11.1 Å². The van der Waals surface area contributed by atoms with Gasteiger partial charge in [0, 0.05) is 18.0 Å². The molecule has 4 rings (SSSR count). The Bertz CT molecular complexity index is 935. The summed E-state index contributed by atoms with van der Waals surface area (Å²) in [5.74, 6) is 1.54. The lowest BCUT2D eigenvalue weighted by Gasteiger charge is -2.31. The first-order chi connectivity index (χ1) is 15.1. The molecule has 0 aromatic heterocycles. The van der Waals surface area contributed by atoms with E-state index in [-0.39, 0.29) is 17.6 Å². The number of nitrogens with zero attached hydrogens (tertiary/aromatic N) is 1. The third-order valence-corrected chi connectivity index (χ3v) is 6.13. The van der Waals surface area contributed by atoms with Crippen LogP contribution in [0, 0.1) is 12.8 Å². The fourth-order valence-electron chi connectivity index (χ4n) is 4.27. The lowest BCUT2D eigenvalue weighted by atomic mass is 9.88. The van der Waals surface area contributed by atoms with Gasteiger partial charge >= 0.3 is 0 Å². The fourth-order valence-corrected chi connectivity index (χ4v) is 4.27. The van der Waals surface area contributed by atoms with E-state index in [1.807, 2.05) is 24.3 Å². The Morgan fingerprint density at radius 3 is 2.55 bits per heavy atom. The van der Waals surface area contributed by atoms with Crippen molar-refractivity contribution in [2.45, 2.75) is 26.2 Å². The molecule has 1 saturated heterocycles. The number of ketones is 1. The minimum absolute atomic E-state index is 0.0112. The van der Waals surface area contributed by atoms with Gasteiger partial charge in [0.05, 0.1) is 6.54 Å². The summed E-state index contributed by atoms with van der Waals surface area (Å²) in [5.41, 5.74) is 3.19. The first-order valence-corrected chi connectivity index (χ1v) is 11.1. The molecule has 2 aliphatic rings. The Kier molecular flexibility index (Phi) is 6.87. The third-order valence-electron chi connectivity index (χ3n) is 6.13. The molecule has 0 saturated carbocycles. The quantitative estimate of drug-likeness (QED) is 0.695. The van der Waals surface area contributed by atoms with Crippen molar-refractivity contribution in [2.24, 2.45) is 5.92 Å². The summed E-state index contributed by atoms with van der Waals surface area (Å²) in [7, 11) is 0. The SMILES string of the molecule is Cc1ccccc1CCNC(=O)CN1CCC(C(=O)c2ccc3c(c2)OCCO3)CC1. The highest BCUT2D eigenvalue weighted by Gasteiger charge is 2.27. The highest BCUT2D eigenvalue weighted by Crippen LogP contribution is 2.32. The number of nitrogens with one attached hydrogen (secondary N) is 1. The molecule has 1 N–H and O–H groups in total. The van der Waals surface area contributed by atoms with Crippen LogP contribution in [0.1, 0.15) is 34.3 Å². The molecule has 31 heavy (non-hydrogen) atoms. The van der Waals surface area contributed by atoms with E-state index in [4.69, 9.17) is 9.47 Å². The molecule has 6 nitrogen and oxygen atoms in total. The summed E-state index contributed by atoms with van der Waals surface area (Å²) < 4.78 is 11.1. The van der Waals surface area contributed by atoms with Gasteiger partial charge in [-0.05, 0) is 68.6 Å². The van der Waals surface area contributed by atoms with Gasteiger partial charge in [0.1, 0.15) is 13.2 Å². The van der Waals surface area contributed by atoms with Crippen LogP contribution < -0.4 is 14.8 Å². The smallest absolute Gasteiger partial charge is 0.234 e. The van der Waals surface area contributed by atoms with Crippen molar-refractivity contribution in [2.75, 3.05) is 39.4 Å². The number of amides is 1. The first kappa shape index (κ1) is 21.4. The molecule has 2 aromatic carbocycles. The number of ether oxygens (including phenoxy) is 2. The monoisotopic (exact) mass is 422 g/mol. The van der Waals surface area contributed by atoms with Crippen LogP contribution in [-0.4, -0.2) is 56.0 Å². The second-order valence-electron chi connectivity index (χ2n) is 8.30. The summed E-state index contributed by atoms with van der Waals surface area (Å²) in [6, 6.07) is 13.7. The van der Waals surface area contributed by atoms with Crippen molar-refractivity contribution in [3.63, 3.8) is 0 Å². The summed E-state index contributed by atoms with van der Waals surface area (Å²) >= 11 is 0. The minimum Gasteiger partial charge on any atom is -0.486 e. The first-order valence-electron chi connectivity index (χ1n) is 11.1. The Morgan fingerprint density at radius 2 is 1.77 bits per heavy atom. The molecule has 1 fully saturated rings. The Balaban J connectivity index is 1.21. The predicted molar refractivity (Wildman–Crippen MR) is 119 cm³/mol. The zero-order valence-electron chi connectivity index (χ0n) is 18.1. The molecule has 0 atom stereocenters. The molecule has 6 heteroatoms. The Hall–Kier alpha value is -2.86. The van der Waals surface area contributed by atoms with Crippen LogP contribution in [0.4, 0.5) is 0 Å². The number of rotatable bonds is 7. The number of aryl methyl sites for hydroxylation is 1. The van der Waals surface area contributed by atoms with Crippen LogP contribution in [0.25, 0.3) is 0 Å². The number of hydrogen-bond donors (Lipinski definition) is 1. The number of piperidine rings is 1. The van der Waals surface area contributed by atoms with E-state index in [9.17, 15) is 9.59 Å². The zero-order valence-corrected chi connectivity index (χ0v) is 18.1. The number of likely N-dealkylation sites (tertiary alicyclic amines) is 1. The normalized spacial score (nSPS) is 16.7. The summed E-state index contributed by atoms with van der Waals surface area (Å²) in [6.45, 7) is 5.68. The number of carbonyl (C=O) groups is 2. The van der Waals surface area contributed by atoms with Crippen molar-refractivity contribution in [1.82, 2.24) is 10.2 Å². The van der Waals surface area contributed by atoms with Gasteiger partial charge in [0.15, 0.2) is 17.3 Å². The molecular formula is C25H30N2O4. The maximum atomic E-state index is 12.9. The maximum absolute atomic E-state index is 12.9. The molecule has 164 valence electrons. The molecule has 0 spiro atoms. The molecule has 0 unspecified atom stereocenters. The van der Waals surface area contributed by atoms with E-state index < -0.39 is 0 Å². The predicted octanol–water partition coefficient (Wildman–Crippen LogP) is 3.02. The highest BCUT2D eigenvalue weighted by atomic mass is 16.6. The number of carbonyl (C=O) groups excluding carboxylic acids is 2. The van der Waals surface area contributed by atoms with Crippen molar-refractivity contribution < 1.29 is 19.1 Å². The van der Waals surface area contributed by atoms with E-state index in [2.05, 4.69) is 29.3 Å². The average Bonchev–Trinajstić information content (AvgIpc) is 2.80. The van der Waals surface area contributed by atoms with Crippen LogP contribution in [0.15, 0.2) is 42.5 Å².